The zero-order valence-corrected chi connectivity index (χ0v) is 14.8. The number of nitrogens with zero attached hydrogens (tertiary/aromatic N) is 1. The van der Waals surface area contributed by atoms with Crippen molar-refractivity contribution in [3.63, 3.8) is 0 Å². The summed E-state index contributed by atoms with van der Waals surface area (Å²) in [5.41, 5.74) is -0.428. The Hall–Kier alpha value is -1.03. The lowest BCUT2D eigenvalue weighted by Gasteiger charge is -2.27. The molecule has 2 bridgehead atoms. The topological polar surface area (TPSA) is 41.6 Å². The molecule has 1 N–H and O–H groups in total. The zero-order valence-electron chi connectivity index (χ0n) is 14.8. The monoisotopic (exact) mass is 308 g/mol. The Kier molecular flexibility index (Phi) is 5.54. The van der Waals surface area contributed by atoms with Crippen molar-refractivity contribution in [2.24, 2.45) is 23.7 Å². The van der Waals surface area contributed by atoms with Crippen molar-refractivity contribution in [3.05, 3.63) is 12.2 Å². The molecule has 0 heterocycles. The van der Waals surface area contributed by atoms with Crippen molar-refractivity contribution in [2.75, 3.05) is 26.7 Å². The van der Waals surface area contributed by atoms with E-state index in [0.29, 0.717) is 5.92 Å². The minimum Gasteiger partial charge on any atom is -0.444 e. The fraction of sp³-hybridized carbons (Fsp3) is 0.833. The molecule has 0 radical (unpaired) electrons. The molecule has 1 amide bonds. The van der Waals surface area contributed by atoms with Gasteiger partial charge in [0.25, 0.3) is 0 Å². The van der Waals surface area contributed by atoms with E-state index >= 15 is 0 Å². The summed E-state index contributed by atoms with van der Waals surface area (Å²) in [6, 6.07) is 0. The van der Waals surface area contributed by atoms with E-state index in [1.54, 1.807) is 4.90 Å². The molecule has 4 heteroatoms. The van der Waals surface area contributed by atoms with Gasteiger partial charge in [-0.05, 0) is 70.4 Å². The summed E-state index contributed by atoms with van der Waals surface area (Å²) in [6.07, 6.45) is 7.27. The van der Waals surface area contributed by atoms with Crippen LogP contribution >= 0.6 is 0 Å². The van der Waals surface area contributed by atoms with E-state index in [2.05, 4.69) is 24.4 Å². The SMILES string of the molecule is CC(CNCC1CC2C=CC1C2)CN(C)C(=O)OC(C)(C)C. The molecule has 4 atom stereocenters. The predicted molar refractivity (Wildman–Crippen MR) is 89.7 cm³/mol. The van der Waals surface area contributed by atoms with Crippen molar-refractivity contribution in [1.82, 2.24) is 10.2 Å². The van der Waals surface area contributed by atoms with E-state index in [9.17, 15) is 4.79 Å². The molecule has 0 saturated heterocycles. The second kappa shape index (κ2) is 7.03. The van der Waals surface area contributed by atoms with E-state index in [0.717, 1.165) is 37.4 Å². The smallest absolute Gasteiger partial charge is 0.410 e. The third kappa shape index (κ3) is 5.01. The Labute approximate surface area is 135 Å². The molecule has 1 saturated carbocycles. The van der Waals surface area contributed by atoms with Gasteiger partial charge in [0.05, 0.1) is 0 Å². The van der Waals surface area contributed by atoms with Crippen LogP contribution in [0.15, 0.2) is 12.2 Å². The maximum Gasteiger partial charge on any atom is 0.410 e. The van der Waals surface area contributed by atoms with Gasteiger partial charge >= 0.3 is 6.09 Å². The van der Waals surface area contributed by atoms with Crippen LogP contribution in [-0.4, -0.2) is 43.3 Å². The Balaban J connectivity index is 1.62. The van der Waals surface area contributed by atoms with Gasteiger partial charge in [0.2, 0.25) is 0 Å². The summed E-state index contributed by atoms with van der Waals surface area (Å²) in [7, 11) is 1.81. The second-order valence-corrected chi connectivity index (χ2v) is 8.16. The first kappa shape index (κ1) is 17.3. The first-order valence-corrected chi connectivity index (χ1v) is 8.57. The summed E-state index contributed by atoms with van der Waals surface area (Å²) in [4.78, 5) is 13.6. The highest BCUT2D eigenvalue weighted by molar-refractivity contribution is 5.67. The highest BCUT2D eigenvalue weighted by atomic mass is 16.6. The van der Waals surface area contributed by atoms with Crippen molar-refractivity contribution in [1.29, 1.82) is 0 Å². The molecule has 2 aliphatic carbocycles. The normalized spacial score (nSPS) is 28.0. The summed E-state index contributed by atoms with van der Waals surface area (Å²) >= 11 is 0. The molecule has 126 valence electrons. The lowest BCUT2D eigenvalue weighted by molar-refractivity contribution is 0.0276. The van der Waals surface area contributed by atoms with Crippen LogP contribution in [-0.2, 0) is 4.74 Å². The van der Waals surface area contributed by atoms with Gasteiger partial charge < -0.3 is 15.0 Å². The van der Waals surface area contributed by atoms with Gasteiger partial charge in [0, 0.05) is 13.6 Å². The van der Waals surface area contributed by atoms with Crippen LogP contribution in [0.1, 0.15) is 40.5 Å². The van der Waals surface area contributed by atoms with E-state index in [4.69, 9.17) is 4.74 Å². The molecule has 2 rings (SSSR count). The minimum absolute atomic E-state index is 0.238. The van der Waals surface area contributed by atoms with Gasteiger partial charge in [-0.15, -0.1) is 0 Å². The molecular weight excluding hydrogens is 276 g/mol. The highest BCUT2D eigenvalue weighted by Gasteiger charge is 2.35. The number of ether oxygens (including phenoxy) is 1. The first-order chi connectivity index (χ1) is 10.2. The first-order valence-electron chi connectivity index (χ1n) is 8.57. The lowest BCUT2D eigenvalue weighted by atomic mass is 9.93. The molecular formula is C18H32N2O2. The Morgan fingerprint density at radius 3 is 2.64 bits per heavy atom. The van der Waals surface area contributed by atoms with E-state index in [-0.39, 0.29) is 6.09 Å². The molecule has 1 fully saturated rings. The van der Waals surface area contributed by atoms with Crippen LogP contribution in [0.2, 0.25) is 0 Å². The fourth-order valence-corrected chi connectivity index (χ4v) is 3.59. The number of carbonyl (C=O) groups is 1. The van der Waals surface area contributed by atoms with E-state index in [1.165, 1.54) is 12.8 Å². The van der Waals surface area contributed by atoms with Gasteiger partial charge in [0.1, 0.15) is 5.60 Å². The van der Waals surface area contributed by atoms with Crippen LogP contribution in [0.3, 0.4) is 0 Å². The molecule has 0 aromatic rings. The average Bonchev–Trinajstić information content (AvgIpc) is 2.98. The number of carbonyl (C=O) groups excluding carboxylic acids is 1. The number of rotatable bonds is 6. The number of nitrogens with one attached hydrogen (secondary N) is 1. The molecule has 0 aromatic heterocycles. The van der Waals surface area contributed by atoms with Crippen LogP contribution in [0, 0.1) is 23.7 Å². The standard InChI is InChI=1S/C18H32N2O2/c1-13(12-20(5)17(21)22-18(2,3)4)10-19-11-16-9-14-6-7-15(16)8-14/h6-7,13-16,19H,8-12H2,1-5H3. The summed E-state index contributed by atoms with van der Waals surface area (Å²) in [5, 5.41) is 3.59. The summed E-state index contributed by atoms with van der Waals surface area (Å²) in [6.45, 7) is 10.6. The zero-order chi connectivity index (χ0) is 16.3. The molecule has 0 aliphatic heterocycles. The molecule has 2 aliphatic rings. The molecule has 22 heavy (non-hydrogen) atoms. The van der Waals surface area contributed by atoms with E-state index < -0.39 is 5.60 Å². The third-order valence-electron chi connectivity index (χ3n) is 4.61. The number of amides is 1. The summed E-state index contributed by atoms with van der Waals surface area (Å²) in [5.74, 6) is 2.88. The maximum atomic E-state index is 11.9. The molecule has 4 unspecified atom stereocenters. The molecule has 0 aromatic carbocycles. The van der Waals surface area contributed by atoms with Crippen LogP contribution in [0.5, 0.6) is 0 Å². The summed E-state index contributed by atoms with van der Waals surface area (Å²) < 4.78 is 5.38. The number of allylic oxidation sites excluding steroid dienone is 2. The van der Waals surface area contributed by atoms with Crippen molar-refractivity contribution in [3.8, 4) is 0 Å². The average molecular weight is 308 g/mol. The van der Waals surface area contributed by atoms with Crippen molar-refractivity contribution >= 4 is 6.09 Å². The Morgan fingerprint density at radius 1 is 1.36 bits per heavy atom. The van der Waals surface area contributed by atoms with E-state index in [1.807, 2.05) is 27.8 Å². The van der Waals surface area contributed by atoms with Gasteiger partial charge in [-0.25, -0.2) is 4.79 Å². The van der Waals surface area contributed by atoms with Crippen molar-refractivity contribution < 1.29 is 9.53 Å². The Bertz CT molecular complexity index is 414. The number of hydrogen-bond donors (Lipinski definition) is 1. The van der Waals surface area contributed by atoms with Gasteiger partial charge in [-0.1, -0.05) is 19.1 Å². The van der Waals surface area contributed by atoms with Crippen LogP contribution in [0.25, 0.3) is 0 Å². The van der Waals surface area contributed by atoms with Gasteiger partial charge in [-0.2, -0.15) is 0 Å². The quantitative estimate of drug-likeness (QED) is 0.766. The molecule has 0 spiro atoms. The van der Waals surface area contributed by atoms with Crippen molar-refractivity contribution in [2.45, 2.75) is 46.1 Å². The third-order valence-corrected chi connectivity index (χ3v) is 4.61. The van der Waals surface area contributed by atoms with Gasteiger partial charge in [-0.3, -0.25) is 0 Å². The second-order valence-electron chi connectivity index (χ2n) is 8.16. The minimum atomic E-state index is -0.428. The molecule has 4 nitrogen and oxygen atoms in total. The van der Waals surface area contributed by atoms with Crippen LogP contribution in [0.4, 0.5) is 4.79 Å². The largest absolute Gasteiger partial charge is 0.444 e. The lowest BCUT2D eigenvalue weighted by Crippen LogP contribution is -2.39. The predicted octanol–water partition coefficient (Wildman–Crippen LogP) is 3.29. The maximum absolute atomic E-state index is 11.9. The number of hydrogen-bond acceptors (Lipinski definition) is 3. The number of fused-ring (bicyclic) bond motifs is 2. The fourth-order valence-electron chi connectivity index (χ4n) is 3.59. The van der Waals surface area contributed by atoms with Gasteiger partial charge in [0.15, 0.2) is 0 Å². The van der Waals surface area contributed by atoms with Crippen LogP contribution < -0.4 is 5.32 Å². The Morgan fingerprint density at radius 2 is 2.09 bits per heavy atom. The highest BCUT2D eigenvalue weighted by Crippen LogP contribution is 2.42.